The highest BCUT2D eigenvalue weighted by molar-refractivity contribution is 7.89. The standard InChI is InChI=1S/C23H23N3O6S2/c1-16-7-8-18(13-20(16)34(29,30)26-9-11-31-12-10-26)22(28)32-14-21(27)25-23-24-19(15-33-23)17-5-3-2-4-6-17/h2-8,13,15H,9-12,14H2,1H3,(H,24,25,27). The normalized spacial score (nSPS) is 14.5. The lowest BCUT2D eigenvalue weighted by molar-refractivity contribution is -0.119. The van der Waals surface area contributed by atoms with Crippen molar-refractivity contribution >= 4 is 38.4 Å². The number of esters is 1. The van der Waals surface area contributed by atoms with Crippen LogP contribution in [0.4, 0.5) is 5.13 Å². The molecule has 2 heterocycles. The van der Waals surface area contributed by atoms with Crippen LogP contribution in [-0.2, 0) is 24.3 Å². The fraction of sp³-hybridized carbons (Fsp3) is 0.261. The highest BCUT2D eigenvalue weighted by Crippen LogP contribution is 2.25. The topological polar surface area (TPSA) is 115 Å². The maximum absolute atomic E-state index is 13.0. The lowest BCUT2D eigenvalue weighted by Crippen LogP contribution is -2.40. The van der Waals surface area contributed by atoms with Crippen LogP contribution < -0.4 is 5.32 Å². The molecule has 1 aliphatic rings. The Balaban J connectivity index is 1.38. The van der Waals surface area contributed by atoms with E-state index < -0.39 is 28.5 Å². The van der Waals surface area contributed by atoms with Crippen LogP contribution in [-0.4, -0.2) is 62.5 Å². The maximum Gasteiger partial charge on any atom is 0.338 e. The molecule has 0 spiro atoms. The number of nitrogens with one attached hydrogen (secondary N) is 1. The molecule has 0 saturated carbocycles. The van der Waals surface area contributed by atoms with Gasteiger partial charge < -0.3 is 9.47 Å². The third-order valence-electron chi connectivity index (χ3n) is 5.17. The third-order valence-corrected chi connectivity index (χ3v) is 7.96. The van der Waals surface area contributed by atoms with Gasteiger partial charge in [-0.25, -0.2) is 18.2 Å². The van der Waals surface area contributed by atoms with E-state index in [9.17, 15) is 18.0 Å². The van der Waals surface area contributed by atoms with E-state index in [1.165, 1.54) is 27.8 Å². The van der Waals surface area contributed by atoms with E-state index in [0.29, 0.717) is 23.9 Å². The number of aromatic nitrogens is 1. The second-order valence-corrected chi connectivity index (χ2v) is 10.3. The van der Waals surface area contributed by atoms with Gasteiger partial charge in [0.05, 0.1) is 29.4 Å². The van der Waals surface area contributed by atoms with Crippen molar-refractivity contribution in [1.29, 1.82) is 0 Å². The number of aryl methyl sites for hydroxylation is 1. The van der Waals surface area contributed by atoms with Gasteiger partial charge in [0.25, 0.3) is 5.91 Å². The average Bonchev–Trinajstić information content (AvgIpc) is 3.32. The Hall–Kier alpha value is -3.12. The number of rotatable bonds is 7. The summed E-state index contributed by atoms with van der Waals surface area (Å²) in [7, 11) is -3.78. The second-order valence-electron chi connectivity index (χ2n) is 7.52. The van der Waals surface area contributed by atoms with Crippen molar-refractivity contribution in [1.82, 2.24) is 9.29 Å². The number of carbonyl (C=O) groups excluding carboxylic acids is 2. The summed E-state index contributed by atoms with van der Waals surface area (Å²) >= 11 is 1.26. The number of nitrogens with zero attached hydrogens (tertiary/aromatic N) is 2. The highest BCUT2D eigenvalue weighted by Gasteiger charge is 2.28. The minimum atomic E-state index is -3.78. The van der Waals surface area contributed by atoms with Crippen molar-refractivity contribution in [2.45, 2.75) is 11.8 Å². The zero-order valence-corrected chi connectivity index (χ0v) is 20.0. The van der Waals surface area contributed by atoms with E-state index in [2.05, 4.69) is 10.3 Å². The number of benzene rings is 2. The summed E-state index contributed by atoms with van der Waals surface area (Å²) in [5.74, 6) is -1.34. The lowest BCUT2D eigenvalue weighted by Gasteiger charge is -2.26. The summed E-state index contributed by atoms with van der Waals surface area (Å²) in [5.41, 5.74) is 2.21. The fourth-order valence-corrected chi connectivity index (χ4v) is 5.77. The molecule has 1 aromatic heterocycles. The first-order chi connectivity index (χ1) is 16.3. The van der Waals surface area contributed by atoms with Gasteiger partial charge in [-0.15, -0.1) is 11.3 Å². The molecule has 1 N–H and O–H groups in total. The Morgan fingerprint density at radius 3 is 2.62 bits per heavy atom. The minimum Gasteiger partial charge on any atom is -0.452 e. The molecule has 2 aromatic carbocycles. The van der Waals surface area contributed by atoms with Crippen molar-refractivity contribution in [2.24, 2.45) is 0 Å². The molecular formula is C23H23N3O6S2. The summed E-state index contributed by atoms with van der Waals surface area (Å²) in [6, 6.07) is 13.8. The van der Waals surface area contributed by atoms with Crippen molar-refractivity contribution in [3.63, 3.8) is 0 Å². The van der Waals surface area contributed by atoms with Crippen LogP contribution in [0, 0.1) is 6.92 Å². The van der Waals surface area contributed by atoms with Crippen LogP contribution in [0.25, 0.3) is 11.3 Å². The maximum atomic E-state index is 13.0. The molecule has 4 rings (SSSR count). The molecule has 0 bridgehead atoms. The Morgan fingerprint density at radius 1 is 1.15 bits per heavy atom. The number of ether oxygens (including phenoxy) is 2. The molecule has 3 aromatic rings. The fourth-order valence-electron chi connectivity index (χ4n) is 3.37. The Bertz CT molecular complexity index is 1290. The zero-order chi connectivity index (χ0) is 24.1. The predicted molar refractivity (Wildman–Crippen MR) is 127 cm³/mol. The van der Waals surface area contributed by atoms with E-state index in [1.807, 2.05) is 35.7 Å². The van der Waals surface area contributed by atoms with Crippen molar-refractivity contribution in [3.05, 3.63) is 65.0 Å². The summed E-state index contributed by atoms with van der Waals surface area (Å²) < 4.78 is 37.7. The molecule has 0 unspecified atom stereocenters. The molecule has 178 valence electrons. The zero-order valence-electron chi connectivity index (χ0n) is 18.4. The number of sulfonamides is 1. The molecule has 0 aliphatic carbocycles. The van der Waals surface area contributed by atoms with Gasteiger partial charge in [-0.2, -0.15) is 4.31 Å². The summed E-state index contributed by atoms with van der Waals surface area (Å²) in [6.07, 6.45) is 0. The molecule has 11 heteroatoms. The van der Waals surface area contributed by atoms with Gasteiger partial charge in [-0.05, 0) is 24.6 Å². The number of thiazole rings is 1. The first-order valence-electron chi connectivity index (χ1n) is 10.5. The molecule has 1 amide bonds. The number of hydrogen-bond acceptors (Lipinski definition) is 8. The molecule has 1 aliphatic heterocycles. The smallest absolute Gasteiger partial charge is 0.338 e. The van der Waals surface area contributed by atoms with Crippen LogP contribution in [0.1, 0.15) is 15.9 Å². The summed E-state index contributed by atoms with van der Waals surface area (Å²) in [6.45, 7) is 2.27. The van der Waals surface area contributed by atoms with Gasteiger partial charge in [0.1, 0.15) is 0 Å². The van der Waals surface area contributed by atoms with E-state index in [4.69, 9.17) is 9.47 Å². The Morgan fingerprint density at radius 2 is 1.88 bits per heavy atom. The minimum absolute atomic E-state index is 0.0320. The number of morpholine rings is 1. The van der Waals surface area contributed by atoms with Gasteiger partial charge >= 0.3 is 5.97 Å². The first kappa shape index (κ1) is 24.0. The van der Waals surface area contributed by atoms with Gasteiger partial charge in [0, 0.05) is 24.0 Å². The van der Waals surface area contributed by atoms with E-state index in [0.717, 1.165) is 11.3 Å². The molecule has 0 radical (unpaired) electrons. The monoisotopic (exact) mass is 501 g/mol. The van der Waals surface area contributed by atoms with Crippen molar-refractivity contribution < 1.29 is 27.5 Å². The number of amides is 1. The quantitative estimate of drug-likeness (QED) is 0.495. The molecule has 1 fully saturated rings. The largest absolute Gasteiger partial charge is 0.452 e. The van der Waals surface area contributed by atoms with Gasteiger partial charge in [-0.3, -0.25) is 10.1 Å². The Kier molecular flexibility index (Phi) is 7.37. The van der Waals surface area contributed by atoms with Crippen LogP contribution in [0.5, 0.6) is 0 Å². The van der Waals surface area contributed by atoms with E-state index in [-0.39, 0.29) is 23.5 Å². The van der Waals surface area contributed by atoms with Gasteiger partial charge in [0.15, 0.2) is 11.7 Å². The molecular weight excluding hydrogens is 478 g/mol. The van der Waals surface area contributed by atoms with Crippen LogP contribution in [0.3, 0.4) is 0 Å². The van der Waals surface area contributed by atoms with Gasteiger partial charge in [0.2, 0.25) is 10.0 Å². The van der Waals surface area contributed by atoms with E-state index in [1.54, 1.807) is 13.0 Å². The van der Waals surface area contributed by atoms with E-state index >= 15 is 0 Å². The number of hydrogen-bond donors (Lipinski definition) is 1. The van der Waals surface area contributed by atoms with Crippen LogP contribution in [0.2, 0.25) is 0 Å². The number of anilines is 1. The second kappa shape index (κ2) is 10.4. The average molecular weight is 502 g/mol. The third kappa shape index (κ3) is 5.50. The summed E-state index contributed by atoms with van der Waals surface area (Å²) in [5, 5.41) is 4.81. The highest BCUT2D eigenvalue weighted by atomic mass is 32.2. The molecule has 0 atom stereocenters. The number of carbonyl (C=O) groups is 2. The Labute approximate surface area is 201 Å². The predicted octanol–water partition coefficient (Wildman–Crippen LogP) is 2.93. The van der Waals surface area contributed by atoms with Crippen LogP contribution in [0.15, 0.2) is 58.8 Å². The van der Waals surface area contributed by atoms with Crippen LogP contribution >= 0.6 is 11.3 Å². The van der Waals surface area contributed by atoms with Crippen molar-refractivity contribution in [2.75, 3.05) is 38.2 Å². The molecule has 1 saturated heterocycles. The SMILES string of the molecule is Cc1ccc(C(=O)OCC(=O)Nc2nc(-c3ccccc3)cs2)cc1S(=O)(=O)N1CCOCC1. The molecule has 9 nitrogen and oxygen atoms in total. The van der Waals surface area contributed by atoms with Crippen molar-refractivity contribution in [3.8, 4) is 11.3 Å². The summed E-state index contributed by atoms with van der Waals surface area (Å²) in [4.78, 5) is 29.2. The molecule has 34 heavy (non-hydrogen) atoms. The first-order valence-corrected chi connectivity index (χ1v) is 12.8. The van der Waals surface area contributed by atoms with Gasteiger partial charge in [-0.1, -0.05) is 36.4 Å². The lowest BCUT2D eigenvalue weighted by atomic mass is 10.1.